The number of hydrogen-bond donors (Lipinski definition) is 2. The molecule has 1 aromatic heterocycles. The van der Waals surface area contributed by atoms with Crippen LogP contribution in [0.5, 0.6) is 0 Å². The Morgan fingerprint density at radius 2 is 1.68 bits per heavy atom. The third kappa shape index (κ3) is 6.35. The second-order valence-corrected chi connectivity index (χ2v) is 8.13. The largest absolute Gasteiger partial charge is 0.354 e. The molecule has 0 aliphatic carbocycles. The van der Waals surface area contributed by atoms with Crippen molar-refractivity contribution in [3.8, 4) is 0 Å². The Bertz CT molecular complexity index is 766. The van der Waals surface area contributed by atoms with Gasteiger partial charge in [0.05, 0.1) is 12.1 Å². The minimum atomic E-state index is -0.207. The number of carbonyl (C=O) groups excluding carboxylic acids is 1. The van der Waals surface area contributed by atoms with Gasteiger partial charge in [0.25, 0.3) is 0 Å². The van der Waals surface area contributed by atoms with Crippen LogP contribution in [0.15, 0.2) is 24.3 Å². The highest BCUT2D eigenvalue weighted by molar-refractivity contribution is 5.85. The number of aryl methyl sites for hydroxylation is 1. The Morgan fingerprint density at radius 3 is 2.21 bits per heavy atom. The van der Waals surface area contributed by atoms with Crippen LogP contribution in [-0.2, 0) is 17.8 Å². The van der Waals surface area contributed by atoms with Gasteiger partial charge < -0.3 is 11.1 Å². The maximum absolute atomic E-state index is 12.4. The third-order valence-electron chi connectivity index (χ3n) is 4.96. The van der Waals surface area contributed by atoms with Crippen LogP contribution >= 0.6 is 12.4 Å². The maximum atomic E-state index is 12.4. The fourth-order valence-corrected chi connectivity index (χ4v) is 3.21. The van der Waals surface area contributed by atoms with E-state index in [0.717, 1.165) is 29.1 Å². The lowest BCUT2D eigenvalue weighted by molar-refractivity contribution is -0.120. The van der Waals surface area contributed by atoms with E-state index in [0.29, 0.717) is 24.8 Å². The molecule has 2 rings (SSSR count). The number of halogens is 1. The van der Waals surface area contributed by atoms with Gasteiger partial charge in [-0.3, -0.25) is 9.48 Å². The lowest BCUT2D eigenvalue weighted by Gasteiger charge is -2.15. The van der Waals surface area contributed by atoms with Crippen LogP contribution in [0, 0.1) is 19.8 Å². The van der Waals surface area contributed by atoms with E-state index in [1.54, 1.807) is 0 Å². The second kappa shape index (κ2) is 10.6. The average Bonchev–Trinajstić information content (AvgIpc) is 2.86. The van der Waals surface area contributed by atoms with Gasteiger partial charge in [-0.25, -0.2) is 0 Å². The van der Waals surface area contributed by atoms with Gasteiger partial charge in [0, 0.05) is 30.4 Å². The van der Waals surface area contributed by atoms with E-state index in [1.807, 2.05) is 18.5 Å². The standard InChI is InChI=1S/C22H34N4O.ClH/c1-14(2)13-26-17(6)20(16(5)25-26)11-22(27)24-12-21(23)19-9-7-18(8-10-19)15(3)4;/h7-10,14-15,21H,11-13,23H2,1-6H3,(H,24,27);1H. The van der Waals surface area contributed by atoms with Crippen molar-refractivity contribution in [2.24, 2.45) is 11.7 Å². The first-order chi connectivity index (χ1) is 12.7. The van der Waals surface area contributed by atoms with Crippen molar-refractivity contribution in [3.63, 3.8) is 0 Å². The predicted molar refractivity (Wildman–Crippen MR) is 118 cm³/mol. The molecule has 2 aromatic rings. The van der Waals surface area contributed by atoms with Gasteiger partial charge in [0.1, 0.15) is 0 Å². The van der Waals surface area contributed by atoms with Crippen LogP contribution in [0.1, 0.15) is 67.7 Å². The summed E-state index contributed by atoms with van der Waals surface area (Å²) in [7, 11) is 0. The van der Waals surface area contributed by atoms with Crippen molar-refractivity contribution in [2.45, 2.75) is 66.5 Å². The molecule has 0 aliphatic rings. The molecule has 0 radical (unpaired) electrons. The lowest BCUT2D eigenvalue weighted by Crippen LogP contribution is -2.33. The molecule has 28 heavy (non-hydrogen) atoms. The highest BCUT2D eigenvalue weighted by Gasteiger charge is 2.16. The molecule has 0 aliphatic heterocycles. The molecule has 0 spiro atoms. The van der Waals surface area contributed by atoms with Gasteiger partial charge in [0.15, 0.2) is 0 Å². The fourth-order valence-electron chi connectivity index (χ4n) is 3.21. The number of benzene rings is 1. The summed E-state index contributed by atoms with van der Waals surface area (Å²) in [5, 5.41) is 7.55. The molecule has 1 amide bonds. The summed E-state index contributed by atoms with van der Waals surface area (Å²) in [4.78, 5) is 12.4. The number of carbonyl (C=O) groups is 1. The zero-order valence-corrected chi connectivity index (χ0v) is 18.8. The Hall–Kier alpha value is -1.85. The summed E-state index contributed by atoms with van der Waals surface area (Å²) < 4.78 is 2.00. The smallest absolute Gasteiger partial charge is 0.224 e. The van der Waals surface area contributed by atoms with Crippen LogP contribution in [0.2, 0.25) is 0 Å². The number of amides is 1. The molecule has 1 heterocycles. The number of aromatic nitrogens is 2. The summed E-state index contributed by atoms with van der Waals surface area (Å²) in [5.74, 6) is 1.00. The average molecular weight is 407 g/mol. The minimum Gasteiger partial charge on any atom is -0.354 e. The van der Waals surface area contributed by atoms with Crippen molar-refractivity contribution < 1.29 is 4.79 Å². The molecule has 0 saturated carbocycles. The van der Waals surface area contributed by atoms with Crippen LogP contribution in [0.4, 0.5) is 0 Å². The molecule has 6 heteroatoms. The Labute approximate surface area is 175 Å². The number of rotatable bonds is 8. The molecule has 1 atom stereocenters. The van der Waals surface area contributed by atoms with Crippen LogP contribution in [0.3, 0.4) is 0 Å². The zero-order valence-electron chi connectivity index (χ0n) is 18.0. The summed E-state index contributed by atoms with van der Waals surface area (Å²) in [5.41, 5.74) is 11.6. The van der Waals surface area contributed by atoms with Crippen molar-refractivity contribution in [1.29, 1.82) is 0 Å². The van der Waals surface area contributed by atoms with E-state index < -0.39 is 0 Å². The normalized spacial score (nSPS) is 12.2. The summed E-state index contributed by atoms with van der Waals surface area (Å²) in [6.07, 6.45) is 0.342. The third-order valence-corrected chi connectivity index (χ3v) is 4.96. The monoisotopic (exact) mass is 406 g/mol. The van der Waals surface area contributed by atoms with Crippen molar-refractivity contribution in [3.05, 3.63) is 52.3 Å². The second-order valence-electron chi connectivity index (χ2n) is 8.13. The van der Waals surface area contributed by atoms with Crippen molar-refractivity contribution in [1.82, 2.24) is 15.1 Å². The van der Waals surface area contributed by atoms with Gasteiger partial charge >= 0.3 is 0 Å². The molecule has 0 saturated heterocycles. The molecule has 3 N–H and O–H groups in total. The van der Waals surface area contributed by atoms with Crippen LogP contribution in [0.25, 0.3) is 0 Å². The van der Waals surface area contributed by atoms with E-state index in [4.69, 9.17) is 5.73 Å². The molecular weight excluding hydrogens is 372 g/mol. The van der Waals surface area contributed by atoms with Gasteiger partial charge in [-0.2, -0.15) is 5.10 Å². The quantitative estimate of drug-likeness (QED) is 0.694. The Morgan fingerprint density at radius 1 is 1.11 bits per heavy atom. The Balaban J connectivity index is 0.00000392. The summed E-state index contributed by atoms with van der Waals surface area (Å²) in [6.45, 7) is 14.0. The van der Waals surface area contributed by atoms with Crippen molar-refractivity contribution in [2.75, 3.05) is 6.54 Å². The van der Waals surface area contributed by atoms with Gasteiger partial charge in [0.2, 0.25) is 5.91 Å². The SMILES string of the molecule is Cc1nn(CC(C)C)c(C)c1CC(=O)NCC(N)c1ccc(C(C)C)cc1.Cl. The van der Waals surface area contributed by atoms with E-state index >= 15 is 0 Å². The van der Waals surface area contributed by atoms with Crippen LogP contribution < -0.4 is 11.1 Å². The number of nitrogens with zero attached hydrogens (tertiary/aromatic N) is 2. The summed E-state index contributed by atoms with van der Waals surface area (Å²) >= 11 is 0. The van der Waals surface area contributed by atoms with Gasteiger partial charge in [-0.15, -0.1) is 12.4 Å². The van der Waals surface area contributed by atoms with E-state index in [2.05, 4.69) is 62.4 Å². The topological polar surface area (TPSA) is 72.9 Å². The maximum Gasteiger partial charge on any atom is 0.224 e. The Kier molecular flexibility index (Phi) is 9.18. The molecule has 0 bridgehead atoms. The predicted octanol–water partition coefficient (Wildman–Crippen LogP) is 4.06. The first-order valence-electron chi connectivity index (χ1n) is 9.84. The highest BCUT2D eigenvalue weighted by atomic mass is 35.5. The van der Waals surface area contributed by atoms with Gasteiger partial charge in [-0.05, 0) is 36.8 Å². The van der Waals surface area contributed by atoms with Gasteiger partial charge in [-0.1, -0.05) is 52.0 Å². The fraction of sp³-hybridized carbons (Fsp3) is 0.545. The number of hydrogen-bond acceptors (Lipinski definition) is 3. The van der Waals surface area contributed by atoms with Crippen LogP contribution in [-0.4, -0.2) is 22.2 Å². The van der Waals surface area contributed by atoms with E-state index in [9.17, 15) is 4.79 Å². The first kappa shape index (κ1) is 24.2. The zero-order chi connectivity index (χ0) is 20.1. The minimum absolute atomic E-state index is 0. The lowest BCUT2D eigenvalue weighted by atomic mass is 9.99. The molecular formula is C22H35ClN4O. The molecule has 156 valence electrons. The van der Waals surface area contributed by atoms with Crippen molar-refractivity contribution >= 4 is 18.3 Å². The molecule has 5 nitrogen and oxygen atoms in total. The molecule has 1 aromatic carbocycles. The molecule has 0 fully saturated rings. The first-order valence-corrected chi connectivity index (χ1v) is 9.84. The van der Waals surface area contributed by atoms with E-state index in [-0.39, 0.29) is 24.4 Å². The summed E-state index contributed by atoms with van der Waals surface area (Å²) in [6, 6.07) is 8.11. The van der Waals surface area contributed by atoms with E-state index in [1.165, 1.54) is 5.56 Å². The number of nitrogens with two attached hydrogens (primary N) is 1. The highest BCUT2D eigenvalue weighted by Crippen LogP contribution is 2.18. The molecule has 1 unspecified atom stereocenters. The number of nitrogens with one attached hydrogen (secondary N) is 1.